The standard InChI is InChI=1S/C15H15BrClN3S/c1-18-15-13(16)14(9-6-7-9)19-12(20-15)8-21-11-5-3-2-4-10(11)17/h2-5,9H,6-8H2,1H3,(H,18,19,20). The normalized spacial score (nSPS) is 14.2. The molecule has 3 nitrogen and oxygen atoms in total. The van der Waals surface area contributed by atoms with E-state index in [1.165, 1.54) is 12.8 Å². The minimum Gasteiger partial charge on any atom is -0.372 e. The number of nitrogens with zero attached hydrogens (tertiary/aromatic N) is 2. The molecule has 1 aromatic carbocycles. The van der Waals surface area contributed by atoms with Crippen LogP contribution in [0.1, 0.15) is 30.3 Å². The van der Waals surface area contributed by atoms with Gasteiger partial charge in [-0.25, -0.2) is 9.97 Å². The molecule has 1 N–H and O–H groups in total. The minimum absolute atomic E-state index is 0.582. The first-order chi connectivity index (χ1) is 10.2. The molecule has 1 fully saturated rings. The van der Waals surface area contributed by atoms with Gasteiger partial charge < -0.3 is 5.32 Å². The molecule has 0 bridgehead atoms. The van der Waals surface area contributed by atoms with Crippen molar-refractivity contribution >= 4 is 45.1 Å². The minimum atomic E-state index is 0.582. The Hall–Kier alpha value is -0.780. The summed E-state index contributed by atoms with van der Waals surface area (Å²) in [5.74, 6) is 3.00. The lowest BCUT2D eigenvalue weighted by atomic mass is 10.2. The van der Waals surface area contributed by atoms with E-state index in [1.54, 1.807) is 11.8 Å². The first-order valence-corrected chi connectivity index (χ1v) is 8.96. The predicted octanol–water partition coefficient (Wildman–Crippen LogP) is 5.10. The van der Waals surface area contributed by atoms with Crippen LogP contribution in [0.25, 0.3) is 0 Å². The van der Waals surface area contributed by atoms with Crippen LogP contribution < -0.4 is 5.32 Å². The van der Waals surface area contributed by atoms with Crippen LogP contribution in [0.5, 0.6) is 0 Å². The molecule has 1 aliphatic carbocycles. The van der Waals surface area contributed by atoms with Crippen molar-refractivity contribution in [3.8, 4) is 0 Å². The molecule has 0 unspecified atom stereocenters. The number of hydrogen-bond donors (Lipinski definition) is 1. The smallest absolute Gasteiger partial charge is 0.144 e. The Morgan fingerprint density at radius 3 is 2.76 bits per heavy atom. The Morgan fingerprint density at radius 1 is 1.33 bits per heavy atom. The van der Waals surface area contributed by atoms with Crippen LogP contribution in [-0.4, -0.2) is 17.0 Å². The maximum absolute atomic E-state index is 6.18. The zero-order valence-electron chi connectivity index (χ0n) is 11.6. The summed E-state index contributed by atoms with van der Waals surface area (Å²) in [7, 11) is 1.88. The van der Waals surface area contributed by atoms with Crippen LogP contribution in [0.3, 0.4) is 0 Å². The lowest BCUT2D eigenvalue weighted by Crippen LogP contribution is -2.04. The number of anilines is 1. The summed E-state index contributed by atoms with van der Waals surface area (Å²) in [5, 5.41) is 3.91. The molecule has 2 aromatic rings. The van der Waals surface area contributed by atoms with Crippen LogP contribution in [0.4, 0.5) is 5.82 Å². The molecular formula is C15H15BrClN3S. The molecule has 3 rings (SSSR count). The quantitative estimate of drug-likeness (QED) is 0.727. The maximum atomic E-state index is 6.18. The molecule has 1 saturated carbocycles. The predicted molar refractivity (Wildman–Crippen MR) is 92.3 cm³/mol. The van der Waals surface area contributed by atoms with E-state index >= 15 is 0 Å². The van der Waals surface area contributed by atoms with Gasteiger partial charge in [-0.05, 0) is 40.9 Å². The summed E-state index contributed by atoms with van der Waals surface area (Å²) >= 11 is 11.5. The molecule has 110 valence electrons. The van der Waals surface area contributed by atoms with Crippen molar-refractivity contribution < 1.29 is 0 Å². The highest BCUT2D eigenvalue weighted by atomic mass is 79.9. The Labute approximate surface area is 142 Å². The van der Waals surface area contributed by atoms with Crippen LogP contribution in [0, 0.1) is 0 Å². The summed E-state index contributed by atoms with van der Waals surface area (Å²) in [6.07, 6.45) is 2.44. The Bertz CT molecular complexity index is 661. The highest BCUT2D eigenvalue weighted by Gasteiger charge is 2.29. The van der Waals surface area contributed by atoms with E-state index in [2.05, 4.69) is 26.2 Å². The highest BCUT2D eigenvalue weighted by Crippen LogP contribution is 2.44. The van der Waals surface area contributed by atoms with Crippen LogP contribution in [0.2, 0.25) is 5.02 Å². The van der Waals surface area contributed by atoms with Gasteiger partial charge in [0.05, 0.1) is 20.9 Å². The average molecular weight is 385 g/mol. The van der Waals surface area contributed by atoms with Gasteiger partial charge in [0, 0.05) is 17.9 Å². The summed E-state index contributed by atoms with van der Waals surface area (Å²) in [4.78, 5) is 10.4. The Balaban J connectivity index is 1.82. The van der Waals surface area contributed by atoms with E-state index in [9.17, 15) is 0 Å². The molecule has 0 amide bonds. The third kappa shape index (κ3) is 3.52. The number of thioether (sulfide) groups is 1. The van der Waals surface area contributed by atoms with Crippen LogP contribution >= 0.6 is 39.3 Å². The van der Waals surface area contributed by atoms with Gasteiger partial charge in [-0.2, -0.15) is 0 Å². The van der Waals surface area contributed by atoms with Gasteiger partial charge in [0.25, 0.3) is 0 Å². The number of benzene rings is 1. The Morgan fingerprint density at radius 2 is 2.10 bits per heavy atom. The van der Waals surface area contributed by atoms with Gasteiger partial charge in [-0.3, -0.25) is 0 Å². The first kappa shape index (κ1) is 15.1. The number of rotatable bonds is 5. The maximum Gasteiger partial charge on any atom is 0.144 e. The van der Waals surface area contributed by atoms with Gasteiger partial charge in [-0.15, -0.1) is 11.8 Å². The summed E-state index contributed by atoms with van der Waals surface area (Å²) < 4.78 is 0.999. The topological polar surface area (TPSA) is 37.8 Å². The molecule has 0 radical (unpaired) electrons. The van der Waals surface area contributed by atoms with E-state index in [0.717, 1.165) is 31.7 Å². The van der Waals surface area contributed by atoms with Crippen molar-refractivity contribution in [2.24, 2.45) is 0 Å². The molecule has 0 saturated heterocycles. The van der Waals surface area contributed by atoms with Crippen molar-refractivity contribution in [3.05, 3.63) is 45.3 Å². The van der Waals surface area contributed by atoms with Gasteiger partial charge in [0.1, 0.15) is 11.6 Å². The molecule has 1 aliphatic rings. The van der Waals surface area contributed by atoms with Crippen LogP contribution in [0.15, 0.2) is 33.6 Å². The van der Waals surface area contributed by atoms with E-state index in [4.69, 9.17) is 16.6 Å². The number of aromatic nitrogens is 2. The molecule has 0 spiro atoms. The van der Waals surface area contributed by atoms with Crippen molar-refractivity contribution in [2.45, 2.75) is 29.4 Å². The van der Waals surface area contributed by atoms with Gasteiger partial charge >= 0.3 is 0 Å². The largest absolute Gasteiger partial charge is 0.372 e. The summed E-state index contributed by atoms with van der Waals surface area (Å²) in [6.45, 7) is 0. The van der Waals surface area contributed by atoms with Crippen molar-refractivity contribution in [2.75, 3.05) is 12.4 Å². The second-order valence-corrected chi connectivity index (χ2v) is 7.15. The number of nitrogens with one attached hydrogen (secondary N) is 1. The third-order valence-corrected chi connectivity index (χ3v) is 5.61. The van der Waals surface area contributed by atoms with Gasteiger partial charge in [0.2, 0.25) is 0 Å². The molecule has 0 atom stereocenters. The van der Waals surface area contributed by atoms with Crippen molar-refractivity contribution in [1.82, 2.24) is 9.97 Å². The molecule has 1 aromatic heterocycles. The Kier molecular flexibility index (Phi) is 4.72. The SMILES string of the molecule is CNc1nc(CSc2ccccc2Cl)nc(C2CC2)c1Br. The molecule has 0 aliphatic heterocycles. The molecule has 1 heterocycles. The summed E-state index contributed by atoms with van der Waals surface area (Å²) in [6, 6.07) is 7.85. The van der Waals surface area contributed by atoms with E-state index in [-0.39, 0.29) is 0 Å². The third-order valence-electron chi connectivity index (χ3n) is 3.32. The van der Waals surface area contributed by atoms with Crippen LogP contribution in [-0.2, 0) is 5.75 Å². The van der Waals surface area contributed by atoms with E-state index < -0.39 is 0 Å². The van der Waals surface area contributed by atoms with E-state index in [0.29, 0.717) is 11.7 Å². The van der Waals surface area contributed by atoms with Crippen molar-refractivity contribution in [3.63, 3.8) is 0 Å². The summed E-state index contributed by atoms with van der Waals surface area (Å²) in [5.41, 5.74) is 1.13. The van der Waals surface area contributed by atoms with Gasteiger partial charge in [0.15, 0.2) is 0 Å². The lowest BCUT2D eigenvalue weighted by molar-refractivity contribution is 0.922. The fraction of sp³-hybridized carbons (Fsp3) is 0.333. The first-order valence-electron chi connectivity index (χ1n) is 6.80. The molecule has 6 heteroatoms. The second-order valence-electron chi connectivity index (χ2n) is 4.93. The fourth-order valence-electron chi connectivity index (χ4n) is 2.07. The average Bonchev–Trinajstić information content (AvgIpc) is 3.32. The van der Waals surface area contributed by atoms with Gasteiger partial charge in [-0.1, -0.05) is 23.7 Å². The highest BCUT2D eigenvalue weighted by molar-refractivity contribution is 9.10. The second kappa shape index (κ2) is 6.55. The zero-order valence-corrected chi connectivity index (χ0v) is 14.7. The number of halogens is 2. The number of hydrogen-bond acceptors (Lipinski definition) is 4. The molecular weight excluding hydrogens is 370 g/mol. The lowest BCUT2D eigenvalue weighted by Gasteiger charge is -2.11. The fourth-order valence-corrected chi connectivity index (χ4v) is 3.87. The van der Waals surface area contributed by atoms with Crippen molar-refractivity contribution in [1.29, 1.82) is 0 Å². The zero-order chi connectivity index (χ0) is 14.8. The van der Waals surface area contributed by atoms with E-state index in [1.807, 2.05) is 31.3 Å². The monoisotopic (exact) mass is 383 g/mol. The molecule has 21 heavy (non-hydrogen) atoms.